The monoisotopic (exact) mass is 1060 g/mol. The molecule has 0 unspecified atom stereocenters. The number of methoxy groups -OCH3 is 2. The van der Waals surface area contributed by atoms with E-state index in [0.29, 0.717) is 25.9 Å². The first-order valence-electron chi connectivity index (χ1n) is 27.0. The van der Waals surface area contributed by atoms with E-state index in [1.165, 1.54) is 33.3 Å². The fourth-order valence-electron chi connectivity index (χ4n) is 12.2. The molecule has 2 aromatic rings. The highest BCUT2D eigenvalue weighted by Gasteiger charge is 2.53. The minimum Gasteiger partial charge on any atom is -0.459 e. The number of hydrogen-bond acceptors (Lipinski definition) is 19. The van der Waals surface area contributed by atoms with E-state index in [1.807, 2.05) is 45.6 Å². The molecule has 0 spiro atoms. The fourth-order valence-corrected chi connectivity index (χ4v) is 12.2. The smallest absolute Gasteiger partial charge is 0.311 e. The van der Waals surface area contributed by atoms with Crippen molar-refractivity contribution in [2.45, 2.75) is 211 Å². The maximum Gasteiger partial charge on any atom is 0.311 e. The number of nitrogens with zero attached hydrogens (tertiary/aromatic N) is 6. The maximum absolute atomic E-state index is 14.5. The van der Waals surface area contributed by atoms with Crippen molar-refractivity contribution in [2.75, 3.05) is 47.5 Å². The van der Waals surface area contributed by atoms with Gasteiger partial charge in [0.25, 0.3) is 5.69 Å². The molecule has 0 amide bonds. The zero-order chi connectivity index (χ0) is 55.3. The molecule has 0 bridgehead atoms. The van der Waals surface area contributed by atoms with E-state index in [2.05, 4.69) is 20.1 Å². The van der Waals surface area contributed by atoms with E-state index in [4.69, 9.17) is 33.2 Å². The molecule has 424 valence electrons. The predicted octanol–water partition coefficient (Wildman–Crippen LogP) is 4.43. The molecule has 4 aliphatic heterocycles. The third-order valence-corrected chi connectivity index (χ3v) is 17.1. The summed E-state index contributed by atoms with van der Waals surface area (Å²) in [5, 5.41) is 67.0. The van der Waals surface area contributed by atoms with Gasteiger partial charge in [-0.15, -0.1) is 5.10 Å². The Kier molecular flexibility index (Phi) is 20.6. The van der Waals surface area contributed by atoms with E-state index in [9.17, 15) is 40.1 Å². The van der Waals surface area contributed by atoms with Gasteiger partial charge in [-0.25, -0.2) is 4.68 Å². The van der Waals surface area contributed by atoms with Gasteiger partial charge in [-0.05, 0) is 92.8 Å². The van der Waals surface area contributed by atoms with Crippen molar-refractivity contribution in [3.05, 3.63) is 51.8 Å². The highest BCUT2D eigenvalue weighted by atomic mass is 16.7. The molecular weight excluding hydrogens is 973 g/mol. The summed E-state index contributed by atoms with van der Waals surface area (Å²) in [7, 11) is 4.99. The van der Waals surface area contributed by atoms with E-state index < -0.39 is 113 Å². The zero-order valence-electron chi connectivity index (χ0n) is 46.6. The molecular formula is C54H88N6O15. The average molecular weight is 1060 g/mol. The summed E-state index contributed by atoms with van der Waals surface area (Å²) < 4.78 is 46.7. The first-order valence-corrected chi connectivity index (χ1v) is 27.0. The number of nitro benzene ring substituents is 1. The lowest BCUT2D eigenvalue weighted by Gasteiger charge is -2.49. The summed E-state index contributed by atoms with van der Waals surface area (Å²) in [4.78, 5) is 43.9. The molecule has 1 aromatic carbocycles. The van der Waals surface area contributed by atoms with Crippen LogP contribution in [-0.4, -0.2) is 193 Å². The third kappa shape index (κ3) is 14.0. The molecule has 0 saturated carbocycles. The Labute approximate surface area is 443 Å². The van der Waals surface area contributed by atoms with Gasteiger partial charge in [-0.2, -0.15) is 0 Å². The number of carbonyl (C=O) groups excluding carboxylic acids is 2. The van der Waals surface area contributed by atoms with Gasteiger partial charge in [-0.1, -0.05) is 45.0 Å². The van der Waals surface area contributed by atoms with Crippen LogP contribution < -0.4 is 0 Å². The van der Waals surface area contributed by atoms with Gasteiger partial charge in [0.1, 0.15) is 29.7 Å². The molecule has 1 aromatic heterocycles. The number of rotatable bonds is 16. The van der Waals surface area contributed by atoms with Crippen LogP contribution in [0.3, 0.4) is 0 Å². The fraction of sp³-hybridized carbons (Fsp3) is 0.815. The van der Waals surface area contributed by atoms with Crippen molar-refractivity contribution in [3.63, 3.8) is 0 Å². The molecule has 4 N–H and O–H groups in total. The molecule has 21 nitrogen and oxygen atoms in total. The summed E-state index contributed by atoms with van der Waals surface area (Å²) in [5.74, 6) is -4.60. The Balaban J connectivity index is 1.23. The Morgan fingerprint density at radius 2 is 1.63 bits per heavy atom. The molecule has 4 fully saturated rings. The molecule has 21 heteroatoms. The summed E-state index contributed by atoms with van der Waals surface area (Å²) in [5.41, 5.74) is -2.38. The quantitative estimate of drug-likeness (QED) is 0.103. The number of aliphatic hydroxyl groups is 4. The van der Waals surface area contributed by atoms with Crippen molar-refractivity contribution in [2.24, 2.45) is 23.7 Å². The van der Waals surface area contributed by atoms with Crippen LogP contribution >= 0.6 is 0 Å². The number of ketones is 1. The average Bonchev–Trinajstić information content (AvgIpc) is 3.87. The summed E-state index contributed by atoms with van der Waals surface area (Å²) in [6, 6.07) is 6.36. The maximum atomic E-state index is 14.5. The van der Waals surface area contributed by atoms with E-state index in [-0.39, 0.29) is 49.5 Å². The Morgan fingerprint density at radius 1 is 0.947 bits per heavy atom. The number of Topliss-reactive ketones (excluding diaryl/α,β-unsaturated/α-hetero) is 1. The van der Waals surface area contributed by atoms with Crippen molar-refractivity contribution < 1.29 is 68.1 Å². The molecule has 19 atom stereocenters. The second kappa shape index (κ2) is 25.5. The zero-order valence-corrected chi connectivity index (χ0v) is 46.6. The van der Waals surface area contributed by atoms with Crippen LogP contribution in [0, 0.1) is 33.8 Å². The number of piperidine rings is 1. The first-order chi connectivity index (χ1) is 35.3. The van der Waals surface area contributed by atoms with Crippen LogP contribution in [0.5, 0.6) is 0 Å². The molecule has 0 radical (unpaired) electrons. The van der Waals surface area contributed by atoms with E-state index in [1.54, 1.807) is 46.8 Å². The number of carbonyl (C=O) groups is 2. The number of non-ortho nitro benzene ring substituents is 1. The predicted molar refractivity (Wildman–Crippen MR) is 275 cm³/mol. The number of cyclic esters (lactones) is 1. The lowest BCUT2D eigenvalue weighted by Crippen LogP contribution is -2.61. The number of nitro groups is 1. The lowest BCUT2D eigenvalue weighted by molar-refractivity contribution is -0.384. The van der Waals surface area contributed by atoms with Crippen molar-refractivity contribution in [1.29, 1.82) is 0 Å². The molecule has 4 saturated heterocycles. The van der Waals surface area contributed by atoms with Crippen LogP contribution in [0.15, 0.2) is 30.5 Å². The van der Waals surface area contributed by atoms with Crippen LogP contribution in [0.4, 0.5) is 5.69 Å². The SMILES string of the molecule is CC[C@H]1OC(=O)[C@H](C)[C@@H](OC[C@H]2C[C@@](C)(OC)[C@@H](O)[C@H](C)O2)[C@H](C)[C@@H](O[C@@H]2O[C@H](C)C[C@H](N(C)CCc3cn([C@H]4CCCN(Cc5ccc([N+](=O)[O-])cc5)C4)nn3)[C@H]2O)[C@](C)(OC)C[C@@H](C)C(=O)[C@H](C)[C@@H](O)[C@]1(C)O. The van der Waals surface area contributed by atoms with Crippen molar-refractivity contribution >= 4 is 17.4 Å². The number of likely N-dealkylation sites (tertiary alicyclic amines) is 1. The number of hydrogen-bond donors (Lipinski definition) is 4. The van der Waals surface area contributed by atoms with Gasteiger partial charge >= 0.3 is 5.97 Å². The van der Waals surface area contributed by atoms with Crippen molar-refractivity contribution in [1.82, 2.24) is 24.8 Å². The Morgan fingerprint density at radius 3 is 2.27 bits per heavy atom. The van der Waals surface area contributed by atoms with Gasteiger partial charge < -0.3 is 58.5 Å². The molecule has 0 aliphatic carbocycles. The van der Waals surface area contributed by atoms with Crippen LogP contribution in [0.1, 0.15) is 125 Å². The number of aliphatic hydroxyl groups excluding tert-OH is 3. The third-order valence-electron chi connectivity index (χ3n) is 17.1. The summed E-state index contributed by atoms with van der Waals surface area (Å²) in [6.07, 6.45) is -4.18. The minimum atomic E-state index is -1.99. The number of likely N-dealkylation sites (N-methyl/N-ethyl adjacent to an activating group) is 1. The van der Waals surface area contributed by atoms with Crippen LogP contribution in [0.2, 0.25) is 0 Å². The largest absolute Gasteiger partial charge is 0.459 e. The second-order valence-electron chi connectivity index (χ2n) is 22.9. The molecule has 5 heterocycles. The molecule has 6 rings (SSSR count). The topological polar surface area (TPSA) is 260 Å². The summed E-state index contributed by atoms with van der Waals surface area (Å²) in [6.45, 7) is 20.1. The highest BCUT2D eigenvalue weighted by Crippen LogP contribution is 2.41. The van der Waals surface area contributed by atoms with Gasteiger partial charge in [-0.3, -0.25) is 24.6 Å². The number of ether oxygens (including phenoxy) is 7. The normalized spacial score (nSPS) is 40.0. The van der Waals surface area contributed by atoms with Crippen LogP contribution in [-0.2, 0) is 55.7 Å². The number of esters is 1. The lowest BCUT2D eigenvalue weighted by atomic mass is 9.74. The van der Waals surface area contributed by atoms with Gasteiger partial charge in [0.05, 0.1) is 77.0 Å². The second-order valence-corrected chi connectivity index (χ2v) is 22.9. The van der Waals surface area contributed by atoms with Gasteiger partial charge in [0.2, 0.25) is 0 Å². The molecule has 75 heavy (non-hydrogen) atoms. The van der Waals surface area contributed by atoms with Crippen LogP contribution in [0.25, 0.3) is 0 Å². The summed E-state index contributed by atoms with van der Waals surface area (Å²) >= 11 is 0. The Bertz CT molecular complexity index is 2190. The Hall–Kier alpha value is -3.58. The van der Waals surface area contributed by atoms with Gasteiger partial charge in [0.15, 0.2) is 6.29 Å². The van der Waals surface area contributed by atoms with E-state index >= 15 is 0 Å². The first kappa shape index (κ1) is 60.6. The highest BCUT2D eigenvalue weighted by molar-refractivity contribution is 5.83. The van der Waals surface area contributed by atoms with Gasteiger partial charge in [0, 0.05) is 88.8 Å². The number of aromatic nitrogens is 3. The van der Waals surface area contributed by atoms with E-state index in [0.717, 1.165) is 37.2 Å². The van der Waals surface area contributed by atoms with Crippen molar-refractivity contribution in [3.8, 4) is 0 Å². The standard InChI is InChI=1S/C54H88N6O15/c1-14-43-54(10,66)47(63)33(4)44(61)31(2)25-53(9,70-13)49(34(5)46(35(6)50(65)74-43)71-30-41-26-52(8,69-12)48(64)36(7)73-41)75-51-45(62)42(24-32(3)72-51)57(11)23-21-38-28-59(56-55-38)40-16-15-22-58(29-40)27-37-17-19-39(20-18-37)60(67)68/h17-20,28,31-36,40-43,45-49,51,62-64,66H,14-16,21-27,29-30H2,1-13H3/t31-,32-,33+,34+,35-,36+,40+,41-,42+,43-,45-,46+,47-,48+,49-,51+,52-,53-,54-/m1/s1. The number of benzene rings is 1. The minimum absolute atomic E-state index is 0.0251. The molecule has 4 aliphatic rings.